The Morgan fingerprint density at radius 1 is 0.648 bits per heavy atom. The highest BCUT2D eigenvalue weighted by Gasteiger charge is 2.23. The first-order valence-electron chi connectivity index (χ1n) is 17.4. The number of anilines is 2. The van der Waals surface area contributed by atoms with Crippen molar-refractivity contribution in [3.8, 4) is 27.7 Å². The Kier molecular flexibility index (Phi) is 11.7. The maximum Gasteiger partial charge on any atom is 0.417 e. The van der Waals surface area contributed by atoms with Crippen molar-refractivity contribution in [1.29, 1.82) is 0 Å². The number of ether oxygens (including phenoxy) is 3. The first kappa shape index (κ1) is 36.9. The van der Waals surface area contributed by atoms with E-state index in [0.717, 1.165) is 29.9 Å². The molecule has 2 amide bonds. The standard InChI is InChI=1S/C42H35Cl2N3O6S/c43-29-8-12-31(13-9-29)45-41(49)52-34-18-6-28(7-19-34)40-38(39(48)27-4-16-33(17-5-27)51-25-24-47-22-2-1-3-23-47)36-21-20-35(26-37(36)54-40)53-42(50)46-32-14-10-30(44)11-15-32/h4-21,26H,1-3,22-25H2,(H,45,49)(H,46,50). The fourth-order valence-electron chi connectivity index (χ4n) is 6.13. The second kappa shape index (κ2) is 17.2. The Morgan fingerprint density at radius 3 is 1.81 bits per heavy atom. The van der Waals surface area contributed by atoms with Crippen LogP contribution in [-0.2, 0) is 0 Å². The zero-order valence-corrected chi connectivity index (χ0v) is 31.3. The fourth-order valence-corrected chi connectivity index (χ4v) is 7.62. The number of hydrogen-bond donors (Lipinski definition) is 2. The number of nitrogens with zero attached hydrogens (tertiary/aromatic N) is 1. The van der Waals surface area contributed by atoms with Crippen LogP contribution in [0.25, 0.3) is 20.5 Å². The average Bonchev–Trinajstić information content (AvgIpc) is 3.56. The maximum absolute atomic E-state index is 14.3. The highest BCUT2D eigenvalue weighted by Crippen LogP contribution is 2.42. The smallest absolute Gasteiger partial charge is 0.417 e. The number of piperidine rings is 1. The minimum absolute atomic E-state index is 0.173. The molecule has 0 spiro atoms. The van der Waals surface area contributed by atoms with Gasteiger partial charge in [0.25, 0.3) is 0 Å². The van der Waals surface area contributed by atoms with Gasteiger partial charge in [0.15, 0.2) is 5.78 Å². The van der Waals surface area contributed by atoms with Gasteiger partial charge >= 0.3 is 12.2 Å². The van der Waals surface area contributed by atoms with E-state index < -0.39 is 12.2 Å². The summed E-state index contributed by atoms with van der Waals surface area (Å²) in [6.45, 7) is 3.66. The van der Waals surface area contributed by atoms with E-state index in [1.807, 2.05) is 12.1 Å². The molecule has 0 aliphatic carbocycles. The fraction of sp³-hybridized carbons (Fsp3) is 0.167. The molecule has 274 valence electrons. The van der Waals surface area contributed by atoms with E-state index in [4.69, 9.17) is 37.4 Å². The summed E-state index contributed by atoms with van der Waals surface area (Å²) < 4.78 is 17.9. The Morgan fingerprint density at radius 2 is 1.20 bits per heavy atom. The van der Waals surface area contributed by atoms with Gasteiger partial charge in [0.05, 0.1) is 0 Å². The molecule has 0 atom stereocenters. The van der Waals surface area contributed by atoms with Crippen LogP contribution in [0, 0.1) is 0 Å². The average molecular weight is 781 g/mol. The van der Waals surface area contributed by atoms with Crippen LogP contribution in [0.2, 0.25) is 10.0 Å². The molecule has 0 radical (unpaired) electrons. The summed E-state index contributed by atoms with van der Waals surface area (Å²) in [4.78, 5) is 42.7. The van der Waals surface area contributed by atoms with Gasteiger partial charge in [0, 0.05) is 54.1 Å². The van der Waals surface area contributed by atoms with Gasteiger partial charge in [0.1, 0.15) is 23.9 Å². The molecule has 0 bridgehead atoms. The third-order valence-corrected chi connectivity index (χ3v) is 10.6. The summed E-state index contributed by atoms with van der Waals surface area (Å²) in [5.41, 5.74) is 2.81. The van der Waals surface area contributed by atoms with Crippen molar-refractivity contribution in [3.05, 3.63) is 136 Å². The van der Waals surface area contributed by atoms with E-state index in [9.17, 15) is 14.4 Å². The van der Waals surface area contributed by atoms with Gasteiger partial charge in [-0.05, 0) is 147 Å². The highest BCUT2D eigenvalue weighted by atomic mass is 35.5. The third kappa shape index (κ3) is 9.39. The van der Waals surface area contributed by atoms with Crippen molar-refractivity contribution in [2.45, 2.75) is 19.3 Å². The first-order chi connectivity index (χ1) is 26.3. The van der Waals surface area contributed by atoms with Crippen LogP contribution in [0.3, 0.4) is 0 Å². The minimum atomic E-state index is -0.668. The lowest BCUT2D eigenvalue weighted by molar-refractivity contribution is 0.104. The van der Waals surface area contributed by atoms with E-state index >= 15 is 0 Å². The number of benzene rings is 5. The molecule has 0 unspecified atom stereocenters. The predicted octanol–water partition coefficient (Wildman–Crippen LogP) is 11.2. The van der Waals surface area contributed by atoms with Gasteiger partial charge in [-0.3, -0.25) is 20.3 Å². The molecule has 0 saturated carbocycles. The molecule has 1 aliphatic rings. The van der Waals surface area contributed by atoms with Crippen molar-refractivity contribution in [1.82, 2.24) is 4.90 Å². The molecule has 54 heavy (non-hydrogen) atoms. The Balaban J connectivity index is 1.12. The highest BCUT2D eigenvalue weighted by molar-refractivity contribution is 7.22. The minimum Gasteiger partial charge on any atom is -0.492 e. The quantitative estimate of drug-likeness (QED) is 0.126. The summed E-state index contributed by atoms with van der Waals surface area (Å²) in [5, 5.41) is 7.16. The number of carbonyl (C=O) groups is 3. The number of fused-ring (bicyclic) bond motifs is 1. The normalized spacial score (nSPS) is 12.9. The monoisotopic (exact) mass is 779 g/mol. The molecule has 1 aliphatic heterocycles. The number of hydrogen-bond acceptors (Lipinski definition) is 8. The number of halogens is 2. The molecule has 5 aromatic carbocycles. The summed E-state index contributed by atoms with van der Waals surface area (Å²) in [6.07, 6.45) is 2.41. The first-order valence-corrected chi connectivity index (χ1v) is 19.0. The van der Waals surface area contributed by atoms with E-state index in [1.165, 1.54) is 30.6 Å². The number of carbonyl (C=O) groups excluding carboxylic acids is 3. The summed E-state index contributed by atoms with van der Waals surface area (Å²) in [6, 6.07) is 32.7. The number of likely N-dealkylation sites (tertiary alicyclic amines) is 1. The molecular formula is C42H35Cl2N3O6S. The van der Waals surface area contributed by atoms with Gasteiger partial charge in [-0.25, -0.2) is 9.59 Å². The number of nitrogens with one attached hydrogen (secondary N) is 2. The Labute approximate surface area is 326 Å². The predicted molar refractivity (Wildman–Crippen MR) is 215 cm³/mol. The molecule has 12 heteroatoms. The van der Waals surface area contributed by atoms with Gasteiger partial charge < -0.3 is 14.2 Å². The number of amides is 2. The van der Waals surface area contributed by atoms with E-state index in [1.54, 1.807) is 103 Å². The van der Waals surface area contributed by atoms with Gasteiger partial charge in [-0.2, -0.15) is 0 Å². The SMILES string of the molecule is O=C(Nc1ccc(Cl)cc1)Oc1ccc(-c2sc3cc(OC(=O)Nc4ccc(Cl)cc4)ccc3c2C(=O)c2ccc(OCCN3CCCCC3)cc2)cc1. The second-order valence-electron chi connectivity index (χ2n) is 12.6. The zero-order chi connectivity index (χ0) is 37.4. The molecular weight excluding hydrogens is 745 g/mol. The van der Waals surface area contributed by atoms with Crippen LogP contribution in [0.15, 0.2) is 115 Å². The molecule has 9 nitrogen and oxygen atoms in total. The second-order valence-corrected chi connectivity index (χ2v) is 14.6. The lowest BCUT2D eigenvalue weighted by Crippen LogP contribution is -2.33. The van der Waals surface area contributed by atoms with Crippen LogP contribution < -0.4 is 24.8 Å². The molecule has 1 saturated heterocycles. The van der Waals surface area contributed by atoms with Crippen LogP contribution in [0.1, 0.15) is 35.2 Å². The zero-order valence-electron chi connectivity index (χ0n) is 29.0. The molecule has 1 aromatic heterocycles. The van der Waals surface area contributed by atoms with Crippen molar-refractivity contribution in [2.24, 2.45) is 0 Å². The summed E-state index contributed by atoms with van der Waals surface area (Å²) in [7, 11) is 0. The van der Waals surface area contributed by atoms with Crippen LogP contribution in [-0.4, -0.2) is 49.1 Å². The lowest BCUT2D eigenvalue weighted by Gasteiger charge is -2.26. The van der Waals surface area contributed by atoms with Crippen molar-refractivity contribution < 1.29 is 28.6 Å². The Bertz CT molecular complexity index is 2250. The third-order valence-electron chi connectivity index (χ3n) is 8.85. The summed E-state index contributed by atoms with van der Waals surface area (Å²) in [5.74, 6) is 1.15. The van der Waals surface area contributed by atoms with E-state index in [-0.39, 0.29) is 5.78 Å². The maximum atomic E-state index is 14.3. The van der Waals surface area contributed by atoms with Crippen molar-refractivity contribution in [2.75, 3.05) is 36.9 Å². The molecule has 2 heterocycles. The van der Waals surface area contributed by atoms with E-state index in [2.05, 4.69) is 15.5 Å². The summed E-state index contributed by atoms with van der Waals surface area (Å²) >= 11 is 13.3. The number of ketones is 1. The van der Waals surface area contributed by atoms with Gasteiger partial charge in [0.2, 0.25) is 0 Å². The van der Waals surface area contributed by atoms with Crippen LogP contribution in [0.4, 0.5) is 21.0 Å². The van der Waals surface area contributed by atoms with Gasteiger partial charge in [-0.1, -0.05) is 29.6 Å². The van der Waals surface area contributed by atoms with Crippen LogP contribution >= 0.6 is 34.5 Å². The van der Waals surface area contributed by atoms with Crippen molar-refractivity contribution in [3.63, 3.8) is 0 Å². The number of thiophene rings is 1. The van der Waals surface area contributed by atoms with Crippen LogP contribution in [0.5, 0.6) is 17.2 Å². The molecule has 6 aromatic rings. The molecule has 1 fully saturated rings. The lowest BCUT2D eigenvalue weighted by atomic mass is 9.97. The van der Waals surface area contributed by atoms with Gasteiger partial charge in [-0.15, -0.1) is 11.3 Å². The molecule has 2 N–H and O–H groups in total. The molecule has 7 rings (SSSR count). The topological polar surface area (TPSA) is 106 Å². The Hall–Kier alpha value is -5.39. The van der Waals surface area contributed by atoms with E-state index in [0.29, 0.717) is 66.7 Å². The number of rotatable bonds is 11. The van der Waals surface area contributed by atoms with Crippen molar-refractivity contribution >= 4 is 74.0 Å². The largest absolute Gasteiger partial charge is 0.492 e.